The first-order valence-corrected chi connectivity index (χ1v) is 6.81. The molecule has 2 aromatic rings. The predicted octanol–water partition coefficient (Wildman–Crippen LogP) is 3.70. The second kappa shape index (κ2) is 6.74. The van der Waals surface area contributed by atoms with Crippen molar-refractivity contribution in [3.05, 3.63) is 48.3 Å². The van der Waals surface area contributed by atoms with Gasteiger partial charge < -0.3 is 15.2 Å². The summed E-state index contributed by atoms with van der Waals surface area (Å²) in [6.07, 6.45) is 2.55. The first-order valence-electron chi connectivity index (χ1n) is 6.81. The molecule has 5 heteroatoms. The van der Waals surface area contributed by atoms with E-state index in [0.29, 0.717) is 5.69 Å². The first-order chi connectivity index (χ1) is 10.1. The second-order valence-electron chi connectivity index (χ2n) is 4.72. The molecule has 0 saturated carbocycles. The van der Waals surface area contributed by atoms with Crippen molar-refractivity contribution in [2.45, 2.75) is 26.4 Å². The Labute approximate surface area is 123 Å². The van der Waals surface area contributed by atoms with Crippen LogP contribution in [0.4, 0.5) is 11.4 Å². The lowest BCUT2D eigenvalue weighted by molar-refractivity contribution is 0.0690. The summed E-state index contributed by atoms with van der Waals surface area (Å²) in [6.45, 7) is 4.08. The van der Waals surface area contributed by atoms with Crippen molar-refractivity contribution in [1.29, 1.82) is 0 Å². The summed E-state index contributed by atoms with van der Waals surface area (Å²) < 4.78 is 5.76. The summed E-state index contributed by atoms with van der Waals surface area (Å²) in [5.74, 6) is -0.269. The standard InChI is InChI=1S/C16H18N2O3/c1-3-11(2)21-14-6-4-5-12(9-14)18-13-7-8-17-15(10-13)16(19)20/h4-11H,3H2,1-2H3,(H,17,18)(H,19,20). The van der Waals surface area contributed by atoms with Crippen LogP contribution in [-0.2, 0) is 0 Å². The van der Waals surface area contributed by atoms with E-state index in [1.165, 1.54) is 12.3 Å². The molecule has 5 nitrogen and oxygen atoms in total. The number of hydrogen-bond acceptors (Lipinski definition) is 4. The van der Waals surface area contributed by atoms with Gasteiger partial charge in [0.1, 0.15) is 11.4 Å². The summed E-state index contributed by atoms with van der Waals surface area (Å²) >= 11 is 0. The van der Waals surface area contributed by atoms with Crippen molar-refractivity contribution in [2.75, 3.05) is 5.32 Å². The maximum absolute atomic E-state index is 10.9. The van der Waals surface area contributed by atoms with E-state index in [0.717, 1.165) is 17.9 Å². The lowest BCUT2D eigenvalue weighted by atomic mass is 10.2. The number of carbonyl (C=O) groups is 1. The Balaban J connectivity index is 2.14. The summed E-state index contributed by atoms with van der Waals surface area (Å²) in [5.41, 5.74) is 1.51. The van der Waals surface area contributed by atoms with Crippen molar-refractivity contribution in [2.24, 2.45) is 0 Å². The van der Waals surface area contributed by atoms with Crippen molar-refractivity contribution < 1.29 is 14.6 Å². The predicted molar refractivity (Wildman–Crippen MR) is 81.3 cm³/mol. The minimum Gasteiger partial charge on any atom is -0.491 e. The first kappa shape index (κ1) is 14.8. The molecule has 2 rings (SSSR count). The Morgan fingerprint density at radius 1 is 1.33 bits per heavy atom. The molecule has 1 heterocycles. The van der Waals surface area contributed by atoms with Gasteiger partial charge in [-0.15, -0.1) is 0 Å². The zero-order valence-electron chi connectivity index (χ0n) is 12.0. The molecular formula is C16H18N2O3. The van der Waals surface area contributed by atoms with Gasteiger partial charge in [-0.25, -0.2) is 9.78 Å². The number of anilines is 2. The number of benzene rings is 1. The van der Waals surface area contributed by atoms with Gasteiger partial charge in [0.25, 0.3) is 0 Å². The Morgan fingerprint density at radius 3 is 2.81 bits per heavy atom. The molecule has 1 atom stereocenters. The molecule has 1 aromatic heterocycles. The fraction of sp³-hybridized carbons (Fsp3) is 0.250. The molecule has 0 saturated heterocycles. The quantitative estimate of drug-likeness (QED) is 0.847. The Kier molecular flexibility index (Phi) is 4.77. The SMILES string of the molecule is CCC(C)Oc1cccc(Nc2ccnc(C(=O)O)c2)c1. The van der Waals surface area contributed by atoms with Crippen LogP contribution < -0.4 is 10.1 Å². The van der Waals surface area contributed by atoms with Gasteiger partial charge in [-0.2, -0.15) is 0 Å². The molecule has 0 amide bonds. The van der Waals surface area contributed by atoms with Gasteiger partial charge >= 0.3 is 5.97 Å². The van der Waals surface area contributed by atoms with Gasteiger partial charge in [-0.05, 0) is 37.6 Å². The van der Waals surface area contributed by atoms with E-state index in [9.17, 15) is 4.79 Å². The molecule has 0 bridgehead atoms. The molecule has 0 aliphatic carbocycles. The molecule has 2 N–H and O–H groups in total. The zero-order valence-corrected chi connectivity index (χ0v) is 12.0. The molecule has 0 fully saturated rings. The van der Waals surface area contributed by atoms with Crippen LogP contribution in [0.25, 0.3) is 0 Å². The van der Waals surface area contributed by atoms with Crippen LogP contribution in [0, 0.1) is 0 Å². The van der Waals surface area contributed by atoms with Gasteiger partial charge in [0, 0.05) is 23.6 Å². The number of nitrogens with one attached hydrogen (secondary N) is 1. The molecule has 21 heavy (non-hydrogen) atoms. The minimum absolute atomic E-state index is 0.00649. The van der Waals surface area contributed by atoms with Crippen LogP contribution in [0.5, 0.6) is 5.75 Å². The van der Waals surface area contributed by atoms with Gasteiger partial charge in [0.15, 0.2) is 0 Å². The highest BCUT2D eigenvalue weighted by atomic mass is 16.5. The maximum atomic E-state index is 10.9. The third-order valence-electron chi connectivity index (χ3n) is 3.01. The number of hydrogen-bond donors (Lipinski definition) is 2. The number of nitrogens with zero attached hydrogens (tertiary/aromatic N) is 1. The number of ether oxygens (including phenoxy) is 1. The summed E-state index contributed by atoms with van der Waals surface area (Å²) in [6, 6.07) is 10.8. The van der Waals surface area contributed by atoms with Crippen molar-refractivity contribution >= 4 is 17.3 Å². The summed E-state index contributed by atoms with van der Waals surface area (Å²) in [7, 11) is 0. The highest BCUT2D eigenvalue weighted by Crippen LogP contribution is 2.22. The number of rotatable bonds is 6. The smallest absolute Gasteiger partial charge is 0.354 e. The highest BCUT2D eigenvalue weighted by molar-refractivity contribution is 5.86. The number of pyridine rings is 1. The maximum Gasteiger partial charge on any atom is 0.354 e. The molecule has 0 aliphatic heterocycles. The van der Waals surface area contributed by atoms with E-state index < -0.39 is 5.97 Å². The Hall–Kier alpha value is -2.56. The molecular weight excluding hydrogens is 268 g/mol. The van der Waals surface area contributed by atoms with Crippen LogP contribution in [0.1, 0.15) is 30.8 Å². The molecule has 1 aromatic carbocycles. The lowest BCUT2D eigenvalue weighted by Crippen LogP contribution is -2.09. The van der Waals surface area contributed by atoms with E-state index in [-0.39, 0.29) is 11.8 Å². The van der Waals surface area contributed by atoms with E-state index >= 15 is 0 Å². The van der Waals surface area contributed by atoms with Crippen molar-refractivity contribution in [1.82, 2.24) is 4.98 Å². The number of aromatic carboxylic acids is 1. The van der Waals surface area contributed by atoms with Gasteiger partial charge in [0.2, 0.25) is 0 Å². The largest absolute Gasteiger partial charge is 0.491 e. The average Bonchev–Trinajstić information content (AvgIpc) is 2.47. The molecule has 0 radical (unpaired) electrons. The average molecular weight is 286 g/mol. The number of carboxylic acids is 1. The van der Waals surface area contributed by atoms with Crippen molar-refractivity contribution in [3.63, 3.8) is 0 Å². The fourth-order valence-corrected chi connectivity index (χ4v) is 1.75. The third kappa shape index (κ3) is 4.21. The van der Waals surface area contributed by atoms with Gasteiger partial charge in [-0.1, -0.05) is 13.0 Å². The monoisotopic (exact) mass is 286 g/mol. The van der Waals surface area contributed by atoms with Crippen LogP contribution in [0.15, 0.2) is 42.6 Å². The molecule has 110 valence electrons. The second-order valence-corrected chi connectivity index (χ2v) is 4.72. The summed E-state index contributed by atoms with van der Waals surface area (Å²) in [4.78, 5) is 14.7. The molecule has 0 spiro atoms. The summed E-state index contributed by atoms with van der Waals surface area (Å²) in [5, 5.41) is 12.1. The normalized spacial score (nSPS) is 11.7. The number of aromatic nitrogens is 1. The van der Waals surface area contributed by atoms with Crippen LogP contribution >= 0.6 is 0 Å². The lowest BCUT2D eigenvalue weighted by Gasteiger charge is -2.14. The van der Waals surface area contributed by atoms with Crippen molar-refractivity contribution in [3.8, 4) is 5.75 Å². The van der Waals surface area contributed by atoms with E-state index in [2.05, 4.69) is 17.2 Å². The Bertz CT molecular complexity index is 628. The highest BCUT2D eigenvalue weighted by Gasteiger charge is 2.06. The minimum atomic E-state index is -1.05. The van der Waals surface area contributed by atoms with Crippen LogP contribution in [0.3, 0.4) is 0 Å². The van der Waals surface area contributed by atoms with Crippen LogP contribution in [-0.4, -0.2) is 22.2 Å². The molecule has 0 aliphatic rings. The van der Waals surface area contributed by atoms with E-state index in [1.54, 1.807) is 6.07 Å². The topological polar surface area (TPSA) is 71.5 Å². The number of carboxylic acid groups (broad SMARTS) is 1. The molecule has 1 unspecified atom stereocenters. The van der Waals surface area contributed by atoms with Gasteiger partial charge in [0.05, 0.1) is 6.10 Å². The third-order valence-corrected chi connectivity index (χ3v) is 3.01. The van der Waals surface area contributed by atoms with Crippen LogP contribution in [0.2, 0.25) is 0 Å². The van der Waals surface area contributed by atoms with E-state index in [4.69, 9.17) is 9.84 Å². The zero-order chi connectivity index (χ0) is 15.2. The fourth-order valence-electron chi connectivity index (χ4n) is 1.75. The van der Waals surface area contributed by atoms with E-state index in [1.807, 2.05) is 31.2 Å². The Morgan fingerprint density at radius 2 is 2.10 bits per heavy atom. The van der Waals surface area contributed by atoms with Gasteiger partial charge in [-0.3, -0.25) is 0 Å².